The van der Waals surface area contributed by atoms with Gasteiger partial charge in [-0.25, -0.2) is 4.39 Å². The fourth-order valence-corrected chi connectivity index (χ4v) is 3.68. The summed E-state index contributed by atoms with van der Waals surface area (Å²) in [6, 6.07) is 13.9. The fourth-order valence-electron chi connectivity index (χ4n) is 3.68. The molecule has 3 N–H and O–H groups in total. The van der Waals surface area contributed by atoms with Gasteiger partial charge in [0, 0.05) is 23.6 Å². The van der Waals surface area contributed by atoms with E-state index >= 15 is 0 Å². The molecule has 29 heavy (non-hydrogen) atoms. The van der Waals surface area contributed by atoms with Crippen molar-refractivity contribution in [3.05, 3.63) is 71.5 Å². The molecule has 7 nitrogen and oxygen atoms in total. The van der Waals surface area contributed by atoms with Crippen molar-refractivity contribution in [1.82, 2.24) is 15.0 Å². The molecule has 0 saturated carbocycles. The van der Waals surface area contributed by atoms with Crippen molar-refractivity contribution in [3.63, 3.8) is 0 Å². The minimum absolute atomic E-state index is 0.152. The monoisotopic (exact) mass is 390 g/mol. The summed E-state index contributed by atoms with van der Waals surface area (Å²) in [6.07, 6.45) is 0.166. The highest BCUT2D eigenvalue weighted by atomic mass is 19.1. The van der Waals surface area contributed by atoms with Crippen molar-refractivity contribution < 1.29 is 19.4 Å². The largest absolute Gasteiger partial charge is 0.504 e. The van der Waals surface area contributed by atoms with Crippen molar-refractivity contribution in [1.29, 1.82) is 0 Å². The van der Waals surface area contributed by atoms with Gasteiger partial charge in [-0.1, -0.05) is 6.07 Å². The maximum Gasteiger partial charge on any atom is 0.225 e. The predicted molar refractivity (Wildman–Crippen MR) is 104 cm³/mol. The Morgan fingerprint density at radius 3 is 2.55 bits per heavy atom. The fraction of sp³-hybridized carbons (Fsp3) is 0.0952. The summed E-state index contributed by atoms with van der Waals surface area (Å²) in [5.74, 6) is -1.35. The molecule has 5 rings (SSSR count). The van der Waals surface area contributed by atoms with Gasteiger partial charge in [0.25, 0.3) is 0 Å². The van der Waals surface area contributed by atoms with Gasteiger partial charge in [-0.2, -0.15) is 4.80 Å². The number of phenols is 2. The van der Waals surface area contributed by atoms with Gasteiger partial charge in [-0.3, -0.25) is 4.79 Å². The lowest BCUT2D eigenvalue weighted by molar-refractivity contribution is -0.116. The molecule has 1 atom stereocenters. The molecular weight excluding hydrogens is 375 g/mol. The summed E-state index contributed by atoms with van der Waals surface area (Å²) in [7, 11) is 0. The van der Waals surface area contributed by atoms with Crippen LogP contribution in [-0.2, 0) is 4.79 Å². The van der Waals surface area contributed by atoms with E-state index in [1.807, 2.05) is 0 Å². The molecule has 1 aliphatic rings. The van der Waals surface area contributed by atoms with E-state index in [1.54, 1.807) is 30.3 Å². The predicted octanol–water partition coefficient (Wildman–Crippen LogP) is 3.44. The molecule has 1 aliphatic heterocycles. The Morgan fingerprint density at radius 2 is 1.79 bits per heavy atom. The van der Waals surface area contributed by atoms with Crippen LogP contribution in [0.4, 0.5) is 10.1 Å². The average Bonchev–Trinajstić information content (AvgIpc) is 3.14. The SMILES string of the molecule is O=C1C[C@@H](c2ccc(O)c(O)c2)c2c(ccc3nn(-c4ccc(F)cc4)nc23)N1. The molecule has 3 aromatic carbocycles. The van der Waals surface area contributed by atoms with Gasteiger partial charge in [0.2, 0.25) is 5.91 Å². The van der Waals surface area contributed by atoms with E-state index in [0.29, 0.717) is 28.0 Å². The van der Waals surface area contributed by atoms with E-state index in [4.69, 9.17) is 0 Å². The van der Waals surface area contributed by atoms with E-state index in [2.05, 4.69) is 15.5 Å². The van der Waals surface area contributed by atoms with Crippen molar-refractivity contribution in [2.45, 2.75) is 12.3 Å². The maximum atomic E-state index is 13.2. The van der Waals surface area contributed by atoms with Crippen molar-refractivity contribution in [3.8, 4) is 17.2 Å². The van der Waals surface area contributed by atoms with Crippen LogP contribution in [0.5, 0.6) is 11.5 Å². The molecule has 1 amide bonds. The molecule has 1 aromatic heterocycles. The van der Waals surface area contributed by atoms with Gasteiger partial charge >= 0.3 is 0 Å². The van der Waals surface area contributed by atoms with Gasteiger partial charge in [0.1, 0.15) is 16.9 Å². The van der Waals surface area contributed by atoms with E-state index < -0.39 is 0 Å². The zero-order chi connectivity index (χ0) is 20.1. The minimum Gasteiger partial charge on any atom is -0.504 e. The average molecular weight is 390 g/mol. The number of phenolic OH excluding ortho intramolecular Hbond substituents is 2. The van der Waals surface area contributed by atoms with Crippen LogP contribution in [0.25, 0.3) is 16.7 Å². The number of halogens is 1. The van der Waals surface area contributed by atoms with Crippen LogP contribution < -0.4 is 5.32 Å². The molecule has 0 bridgehead atoms. The van der Waals surface area contributed by atoms with Crippen molar-refractivity contribution in [2.24, 2.45) is 0 Å². The van der Waals surface area contributed by atoms with Crippen LogP contribution >= 0.6 is 0 Å². The number of rotatable bonds is 2. The van der Waals surface area contributed by atoms with Crippen LogP contribution in [0, 0.1) is 5.82 Å². The van der Waals surface area contributed by atoms with E-state index in [-0.39, 0.29) is 35.6 Å². The van der Waals surface area contributed by atoms with Gasteiger partial charge in [-0.15, -0.1) is 10.2 Å². The van der Waals surface area contributed by atoms with E-state index in [9.17, 15) is 19.4 Å². The Bertz CT molecular complexity index is 1270. The number of amides is 1. The standard InChI is InChI=1S/C21H15FN4O3/c22-12-2-4-13(5-3-12)26-24-16-7-6-15-20(21(16)25-26)14(10-19(29)23-15)11-1-8-17(27)18(28)9-11/h1-9,14,27-28H,10H2,(H,23,29)/t14-/m0/s1. The van der Waals surface area contributed by atoms with Gasteiger partial charge in [0.15, 0.2) is 11.5 Å². The molecule has 0 saturated heterocycles. The summed E-state index contributed by atoms with van der Waals surface area (Å²) in [5, 5.41) is 31.5. The summed E-state index contributed by atoms with van der Waals surface area (Å²) in [5.41, 5.74) is 3.91. The first-order chi connectivity index (χ1) is 14.0. The first-order valence-electron chi connectivity index (χ1n) is 8.97. The van der Waals surface area contributed by atoms with Crippen LogP contribution in [0.3, 0.4) is 0 Å². The van der Waals surface area contributed by atoms with Crippen LogP contribution in [0.1, 0.15) is 23.5 Å². The maximum absolute atomic E-state index is 13.2. The number of benzene rings is 3. The van der Waals surface area contributed by atoms with Gasteiger partial charge < -0.3 is 15.5 Å². The topological polar surface area (TPSA) is 100 Å². The third kappa shape index (κ3) is 2.85. The summed E-state index contributed by atoms with van der Waals surface area (Å²) in [6.45, 7) is 0. The number of carbonyl (C=O) groups is 1. The Kier molecular flexibility index (Phi) is 3.73. The summed E-state index contributed by atoms with van der Waals surface area (Å²) in [4.78, 5) is 13.7. The number of aromatic nitrogens is 3. The normalized spacial score (nSPS) is 15.9. The number of fused-ring (bicyclic) bond motifs is 3. The van der Waals surface area contributed by atoms with Crippen LogP contribution in [0.2, 0.25) is 0 Å². The van der Waals surface area contributed by atoms with Crippen LogP contribution in [-0.4, -0.2) is 31.1 Å². The Labute approximate surface area is 164 Å². The lowest BCUT2D eigenvalue weighted by atomic mass is 9.84. The summed E-state index contributed by atoms with van der Waals surface area (Å²) < 4.78 is 13.2. The first kappa shape index (κ1) is 17.2. The molecule has 0 spiro atoms. The van der Waals surface area contributed by atoms with Crippen molar-refractivity contribution in [2.75, 3.05) is 5.32 Å². The number of carbonyl (C=O) groups excluding carboxylic acids is 1. The molecule has 4 aromatic rings. The van der Waals surface area contributed by atoms with Crippen molar-refractivity contribution >= 4 is 22.6 Å². The highest BCUT2D eigenvalue weighted by molar-refractivity contribution is 5.99. The minimum atomic E-state index is -0.368. The van der Waals surface area contributed by atoms with Gasteiger partial charge in [-0.05, 0) is 54.1 Å². The summed E-state index contributed by atoms with van der Waals surface area (Å²) >= 11 is 0. The Hall–Kier alpha value is -3.94. The first-order valence-corrected chi connectivity index (χ1v) is 8.97. The number of hydrogen-bond donors (Lipinski definition) is 3. The molecule has 8 heteroatoms. The Balaban J connectivity index is 1.70. The molecular formula is C21H15FN4O3. The lowest BCUT2D eigenvalue weighted by Crippen LogP contribution is -2.23. The Morgan fingerprint density at radius 1 is 1.00 bits per heavy atom. The van der Waals surface area contributed by atoms with E-state index in [1.165, 1.54) is 29.1 Å². The molecule has 0 radical (unpaired) electrons. The second kappa shape index (κ2) is 6.30. The number of aromatic hydroxyl groups is 2. The number of hydrogen-bond acceptors (Lipinski definition) is 5. The molecule has 144 valence electrons. The molecule has 0 unspecified atom stereocenters. The smallest absolute Gasteiger partial charge is 0.225 e. The molecule has 0 aliphatic carbocycles. The highest BCUT2D eigenvalue weighted by Crippen LogP contribution is 2.42. The number of anilines is 1. The van der Waals surface area contributed by atoms with Crippen LogP contribution in [0.15, 0.2) is 54.6 Å². The highest BCUT2D eigenvalue weighted by Gasteiger charge is 2.30. The molecule has 0 fully saturated rings. The number of nitrogens with zero attached hydrogens (tertiary/aromatic N) is 3. The second-order valence-electron chi connectivity index (χ2n) is 6.91. The number of nitrogens with one attached hydrogen (secondary N) is 1. The third-order valence-corrected chi connectivity index (χ3v) is 5.06. The van der Waals surface area contributed by atoms with Gasteiger partial charge in [0.05, 0.1) is 5.69 Å². The van der Waals surface area contributed by atoms with E-state index in [0.717, 1.165) is 5.56 Å². The second-order valence-corrected chi connectivity index (χ2v) is 6.91. The molecule has 2 heterocycles. The lowest BCUT2D eigenvalue weighted by Gasteiger charge is -2.26. The zero-order valence-corrected chi connectivity index (χ0v) is 15.0. The zero-order valence-electron chi connectivity index (χ0n) is 15.0. The third-order valence-electron chi connectivity index (χ3n) is 5.06. The quantitative estimate of drug-likeness (QED) is 0.455.